The third kappa shape index (κ3) is 2.65. The molecular weight excluding hydrogens is 168 g/mol. The highest BCUT2D eigenvalue weighted by molar-refractivity contribution is 6.59. The van der Waals surface area contributed by atoms with Crippen LogP contribution in [0.1, 0.15) is 0 Å². The lowest BCUT2D eigenvalue weighted by Gasteiger charge is -2.08. The minimum absolute atomic E-state index is 0.0941. The van der Waals surface area contributed by atoms with E-state index in [-0.39, 0.29) is 4.49 Å². The lowest BCUT2D eigenvalue weighted by Crippen LogP contribution is -2.06. The molecule has 48 valence electrons. The van der Waals surface area contributed by atoms with E-state index in [2.05, 4.69) is 0 Å². The van der Waals surface area contributed by atoms with Crippen molar-refractivity contribution in [3.63, 3.8) is 0 Å². The van der Waals surface area contributed by atoms with Crippen molar-refractivity contribution < 1.29 is 0 Å². The Morgan fingerprint density at radius 1 is 1.12 bits per heavy atom. The monoisotopic (exact) mass is 173 g/mol. The second-order valence-corrected chi connectivity index (χ2v) is 2.75. The van der Waals surface area contributed by atoms with Gasteiger partial charge in [0.25, 0.3) is 0 Å². The molecule has 0 saturated carbocycles. The van der Waals surface area contributed by atoms with Gasteiger partial charge < -0.3 is 4.90 Å². The van der Waals surface area contributed by atoms with E-state index >= 15 is 0 Å². The number of hydrogen-bond donors (Lipinski definition) is 0. The summed E-state index contributed by atoms with van der Waals surface area (Å²) in [5, 5.41) is 0.355. The number of rotatable bonds is 1. The molecule has 0 aliphatic heterocycles. The van der Waals surface area contributed by atoms with Gasteiger partial charge in [-0.15, -0.1) is 0 Å². The van der Waals surface area contributed by atoms with Gasteiger partial charge in [-0.1, -0.05) is 34.8 Å². The second kappa shape index (κ2) is 3.44. The lowest BCUT2D eigenvalue weighted by molar-refractivity contribution is 0.547. The van der Waals surface area contributed by atoms with Crippen LogP contribution in [0.15, 0.2) is 9.65 Å². The van der Waals surface area contributed by atoms with Gasteiger partial charge in [0.2, 0.25) is 0 Å². The summed E-state index contributed by atoms with van der Waals surface area (Å²) in [5.74, 6) is 0. The van der Waals surface area contributed by atoms with E-state index in [4.69, 9.17) is 34.8 Å². The van der Waals surface area contributed by atoms with Crippen molar-refractivity contribution in [2.75, 3.05) is 14.1 Å². The molecular formula is C4H6Cl3N. The summed E-state index contributed by atoms with van der Waals surface area (Å²) in [7, 11) is 3.51. The van der Waals surface area contributed by atoms with Crippen LogP contribution >= 0.6 is 34.8 Å². The molecule has 0 spiro atoms. The van der Waals surface area contributed by atoms with Crippen LogP contribution in [0.4, 0.5) is 0 Å². The summed E-state index contributed by atoms with van der Waals surface area (Å²) in [6, 6.07) is 0. The molecule has 0 rings (SSSR count). The van der Waals surface area contributed by atoms with Gasteiger partial charge in [-0.2, -0.15) is 0 Å². The minimum atomic E-state index is 0.0941. The topological polar surface area (TPSA) is 3.24 Å². The Bertz CT molecular complexity index is 104. The van der Waals surface area contributed by atoms with Crippen molar-refractivity contribution in [1.29, 1.82) is 0 Å². The van der Waals surface area contributed by atoms with Gasteiger partial charge in [-0.25, -0.2) is 0 Å². The van der Waals surface area contributed by atoms with E-state index in [1.165, 1.54) is 0 Å². The molecule has 0 aromatic rings. The van der Waals surface area contributed by atoms with Crippen molar-refractivity contribution in [1.82, 2.24) is 4.90 Å². The predicted octanol–water partition coefficient (Wildman–Crippen LogP) is 2.39. The molecule has 0 atom stereocenters. The molecule has 8 heavy (non-hydrogen) atoms. The quantitative estimate of drug-likeness (QED) is 0.552. The minimum Gasteiger partial charge on any atom is -0.367 e. The fourth-order valence-corrected chi connectivity index (χ4v) is 0.507. The summed E-state index contributed by atoms with van der Waals surface area (Å²) in [6.45, 7) is 0. The Labute approximate surface area is 63.8 Å². The van der Waals surface area contributed by atoms with Gasteiger partial charge in [0.1, 0.15) is 9.65 Å². The van der Waals surface area contributed by atoms with Gasteiger partial charge in [0.15, 0.2) is 0 Å². The standard InChI is InChI=1S/C4H6Cl3N/c1-8(2)4(7)3(5)6/h1-2H3. The van der Waals surface area contributed by atoms with E-state index in [0.717, 1.165) is 0 Å². The maximum Gasteiger partial charge on any atom is 0.141 e. The number of hydrogen-bond acceptors (Lipinski definition) is 1. The van der Waals surface area contributed by atoms with Gasteiger partial charge in [-0.3, -0.25) is 0 Å². The first-order valence-corrected chi connectivity index (χ1v) is 3.07. The molecule has 0 bridgehead atoms. The van der Waals surface area contributed by atoms with Crippen molar-refractivity contribution in [3.05, 3.63) is 9.65 Å². The molecule has 4 heteroatoms. The van der Waals surface area contributed by atoms with E-state index in [9.17, 15) is 0 Å². The SMILES string of the molecule is CN(C)C(Cl)=C(Cl)Cl. The molecule has 0 fully saturated rings. The normalized spacial score (nSPS) is 8.62. The van der Waals surface area contributed by atoms with Gasteiger partial charge in [0, 0.05) is 14.1 Å². The van der Waals surface area contributed by atoms with Crippen LogP contribution in [-0.2, 0) is 0 Å². The first kappa shape index (κ1) is 8.41. The molecule has 1 nitrogen and oxygen atoms in total. The van der Waals surface area contributed by atoms with Gasteiger partial charge >= 0.3 is 0 Å². The molecule has 0 aliphatic rings. The van der Waals surface area contributed by atoms with E-state index in [0.29, 0.717) is 5.16 Å². The van der Waals surface area contributed by atoms with Crippen LogP contribution in [0.25, 0.3) is 0 Å². The molecule has 0 unspecified atom stereocenters. The molecule has 0 aliphatic carbocycles. The second-order valence-electron chi connectivity index (χ2n) is 1.45. The average Bonchev–Trinajstić information content (AvgIpc) is 1.64. The Balaban J connectivity index is 4.00. The Kier molecular flexibility index (Phi) is 3.61. The Morgan fingerprint density at radius 2 is 1.50 bits per heavy atom. The highest BCUT2D eigenvalue weighted by Gasteiger charge is 1.98. The Hall–Kier alpha value is 0.410. The third-order valence-electron chi connectivity index (χ3n) is 0.549. The van der Waals surface area contributed by atoms with Crippen LogP contribution in [-0.4, -0.2) is 19.0 Å². The molecule has 0 heterocycles. The zero-order valence-electron chi connectivity index (χ0n) is 4.58. The van der Waals surface area contributed by atoms with Crippen LogP contribution in [0.3, 0.4) is 0 Å². The van der Waals surface area contributed by atoms with E-state index < -0.39 is 0 Å². The molecule has 0 saturated heterocycles. The zero-order valence-corrected chi connectivity index (χ0v) is 6.85. The molecule has 0 N–H and O–H groups in total. The summed E-state index contributed by atoms with van der Waals surface area (Å²) in [5.41, 5.74) is 0. The smallest absolute Gasteiger partial charge is 0.141 e. The largest absolute Gasteiger partial charge is 0.367 e. The van der Waals surface area contributed by atoms with E-state index in [1.54, 1.807) is 19.0 Å². The fourth-order valence-electron chi connectivity index (χ4n) is 0.169. The molecule has 0 aromatic heterocycles. The van der Waals surface area contributed by atoms with Crippen molar-refractivity contribution >= 4 is 34.8 Å². The number of halogens is 3. The zero-order chi connectivity index (χ0) is 6.73. The Morgan fingerprint density at radius 3 is 1.50 bits per heavy atom. The highest BCUT2D eigenvalue weighted by Crippen LogP contribution is 2.18. The fraction of sp³-hybridized carbons (Fsp3) is 0.500. The van der Waals surface area contributed by atoms with E-state index in [1.807, 2.05) is 0 Å². The molecule has 0 aromatic carbocycles. The van der Waals surface area contributed by atoms with Crippen LogP contribution < -0.4 is 0 Å². The van der Waals surface area contributed by atoms with Gasteiger partial charge in [-0.05, 0) is 0 Å². The molecule has 0 amide bonds. The summed E-state index contributed by atoms with van der Waals surface area (Å²) in [6.07, 6.45) is 0. The third-order valence-corrected chi connectivity index (χ3v) is 1.63. The number of nitrogens with zero attached hydrogens (tertiary/aromatic N) is 1. The predicted molar refractivity (Wildman–Crippen MR) is 38.3 cm³/mol. The summed E-state index contributed by atoms with van der Waals surface area (Å²) >= 11 is 16.1. The maximum absolute atomic E-state index is 5.49. The average molecular weight is 174 g/mol. The van der Waals surface area contributed by atoms with Crippen LogP contribution in [0.5, 0.6) is 0 Å². The van der Waals surface area contributed by atoms with Crippen molar-refractivity contribution in [3.8, 4) is 0 Å². The first-order chi connectivity index (χ1) is 3.55. The molecule has 0 radical (unpaired) electrons. The van der Waals surface area contributed by atoms with Crippen LogP contribution in [0.2, 0.25) is 0 Å². The van der Waals surface area contributed by atoms with Crippen LogP contribution in [0, 0.1) is 0 Å². The summed E-state index contributed by atoms with van der Waals surface area (Å²) in [4.78, 5) is 1.62. The van der Waals surface area contributed by atoms with Crippen molar-refractivity contribution in [2.24, 2.45) is 0 Å². The first-order valence-electron chi connectivity index (χ1n) is 1.93. The van der Waals surface area contributed by atoms with Gasteiger partial charge in [0.05, 0.1) is 0 Å². The van der Waals surface area contributed by atoms with Crippen molar-refractivity contribution in [2.45, 2.75) is 0 Å². The lowest BCUT2D eigenvalue weighted by atomic mass is 10.8. The maximum atomic E-state index is 5.49. The summed E-state index contributed by atoms with van der Waals surface area (Å²) < 4.78 is 0.0941. The highest BCUT2D eigenvalue weighted by atomic mass is 35.5.